The lowest BCUT2D eigenvalue weighted by atomic mass is 10.2. The van der Waals surface area contributed by atoms with E-state index in [-0.39, 0.29) is 0 Å². The van der Waals surface area contributed by atoms with Gasteiger partial charge in [0.2, 0.25) is 0 Å². The third-order valence-corrected chi connectivity index (χ3v) is 3.21. The van der Waals surface area contributed by atoms with Crippen molar-refractivity contribution in [1.82, 2.24) is 4.98 Å². The van der Waals surface area contributed by atoms with Crippen LogP contribution in [-0.2, 0) is 0 Å². The second-order valence-electron chi connectivity index (χ2n) is 5.03. The number of rotatable bonds is 6. The summed E-state index contributed by atoms with van der Waals surface area (Å²) in [6, 6.07) is 4.28. The average molecular weight is 233 g/mol. The number of aryl methyl sites for hydroxylation is 1. The first-order chi connectivity index (χ1) is 8.22. The number of hydrogen-bond acceptors (Lipinski definition) is 3. The van der Waals surface area contributed by atoms with Crippen molar-refractivity contribution in [3.8, 4) is 0 Å². The molecule has 0 aliphatic heterocycles. The first-order valence-corrected chi connectivity index (χ1v) is 6.64. The van der Waals surface area contributed by atoms with E-state index < -0.39 is 0 Å². The van der Waals surface area contributed by atoms with Gasteiger partial charge in [-0.3, -0.25) is 0 Å². The van der Waals surface area contributed by atoms with Crippen molar-refractivity contribution in [3.05, 3.63) is 17.7 Å². The van der Waals surface area contributed by atoms with Gasteiger partial charge in [0, 0.05) is 20.1 Å². The summed E-state index contributed by atoms with van der Waals surface area (Å²) < 4.78 is 0. The Morgan fingerprint density at radius 1 is 1.41 bits per heavy atom. The predicted molar refractivity (Wildman–Crippen MR) is 73.7 cm³/mol. The van der Waals surface area contributed by atoms with Crippen molar-refractivity contribution >= 4 is 11.6 Å². The molecule has 0 aromatic carbocycles. The van der Waals surface area contributed by atoms with E-state index in [0.29, 0.717) is 0 Å². The molecule has 1 aliphatic rings. The molecule has 0 atom stereocenters. The van der Waals surface area contributed by atoms with Crippen LogP contribution in [0.1, 0.15) is 31.7 Å². The lowest BCUT2D eigenvalue weighted by Gasteiger charge is -2.24. The molecule has 17 heavy (non-hydrogen) atoms. The molecule has 3 nitrogen and oxygen atoms in total. The van der Waals surface area contributed by atoms with Gasteiger partial charge in [0.15, 0.2) is 0 Å². The third kappa shape index (κ3) is 3.35. The van der Waals surface area contributed by atoms with Gasteiger partial charge in [-0.25, -0.2) is 4.98 Å². The second kappa shape index (κ2) is 5.39. The van der Waals surface area contributed by atoms with Crippen LogP contribution >= 0.6 is 0 Å². The Balaban J connectivity index is 2.17. The van der Waals surface area contributed by atoms with Crippen molar-refractivity contribution in [2.75, 3.05) is 30.4 Å². The molecule has 1 heterocycles. The van der Waals surface area contributed by atoms with Crippen molar-refractivity contribution in [2.45, 2.75) is 33.1 Å². The molecular weight excluding hydrogens is 210 g/mol. The highest BCUT2D eigenvalue weighted by Crippen LogP contribution is 2.31. The summed E-state index contributed by atoms with van der Waals surface area (Å²) in [6.07, 6.45) is 3.97. The quantitative estimate of drug-likeness (QED) is 0.818. The van der Waals surface area contributed by atoms with Crippen LogP contribution in [0.25, 0.3) is 0 Å². The lowest BCUT2D eigenvalue weighted by molar-refractivity contribution is 0.699. The highest BCUT2D eigenvalue weighted by Gasteiger charge is 2.24. The van der Waals surface area contributed by atoms with Crippen LogP contribution < -0.4 is 10.2 Å². The maximum atomic E-state index is 4.67. The lowest BCUT2D eigenvalue weighted by Crippen LogP contribution is -2.27. The van der Waals surface area contributed by atoms with E-state index in [1.54, 1.807) is 0 Å². The van der Waals surface area contributed by atoms with E-state index in [2.05, 4.69) is 41.2 Å². The number of nitrogens with one attached hydrogen (secondary N) is 1. The van der Waals surface area contributed by atoms with Crippen molar-refractivity contribution in [3.63, 3.8) is 0 Å². The van der Waals surface area contributed by atoms with Gasteiger partial charge in [0.1, 0.15) is 11.6 Å². The Kier molecular flexibility index (Phi) is 3.87. The van der Waals surface area contributed by atoms with Crippen LogP contribution in [0.4, 0.5) is 11.6 Å². The van der Waals surface area contributed by atoms with Crippen molar-refractivity contribution in [2.24, 2.45) is 5.92 Å². The van der Waals surface area contributed by atoms with E-state index in [0.717, 1.165) is 24.1 Å². The minimum Gasteiger partial charge on any atom is -0.373 e. The molecule has 1 saturated carbocycles. The van der Waals surface area contributed by atoms with E-state index in [4.69, 9.17) is 0 Å². The van der Waals surface area contributed by atoms with Crippen LogP contribution in [0.2, 0.25) is 0 Å². The van der Waals surface area contributed by atoms with Gasteiger partial charge in [0.25, 0.3) is 0 Å². The molecule has 0 radical (unpaired) electrons. The zero-order valence-corrected chi connectivity index (χ0v) is 11.2. The van der Waals surface area contributed by atoms with E-state index in [9.17, 15) is 0 Å². The molecule has 0 saturated heterocycles. The maximum Gasteiger partial charge on any atom is 0.131 e. The minimum absolute atomic E-state index is 0.905. The maximum absolute atomic E-state index is 4.67. The molecule has 0 amide bonds. The fraction of sp³-hybridized carbons (Fsp3) is 0.643. The Labute approximate surface area is 104 Å². The van der Waals surface area contributed by atoms with Gasteiger partial charge in [-0.1, -0.05) is 6.92 Å². The van der Waals surface area contributed by atoms with Crippen molar-refractivity contribution < 1.29 is 0 Å². The van der Waals surface area contributed by atoms with Gasteiger partial charge < -0.3 is 10.2 Å². The van der Waals surface area contributed by atoms with E-state index in [1.165, 1.54) is 31.4 Å². The standard InChI is InChI=1S/C14H23N3/c1-4-7-17(10-12-5-6-12)14-9-11(2)8-13(15-3)16-14/h8-9,12H,4-7,10H2,1-3H3,(H,15,16). The Bertz CT molecular complexity index is 372. The Hall–Kier alpha value is -1.25. The van der Waals surface area contributed by atoms with Crippen molar-refractivity contribution in [1.29, 1.82) is 0 Å². The second-order valence-corrected chi connectivity index (χ2v) is 5.03. The molecule has 0 unspecified atom stereocenters. The zero-order chi connectivity index (χ0) is 12.3. The van der Waals surface area contributed by atoms with E-state index >= 15 is 0 Å². The number of aromatic nitrogens is 1. The highest BCUT2D eigenvalue weighted by molar-refractivity contribution is 5.50. The van der Waals surface area contributed by atoms with E-state index in [1.807, 2.05) is 7.05 Å². The molecule has 1 N–H and O–H groups in total. The molecule has 1 fully saturated rings. The summed E-state index contributed by atoms with van der Waals surface area (Å²) in [5, 5.41) is 3.14. The summed E-state index contributed by atoms with van der Waals surface area (Å²) in [5.74, 6) is 3.00. The SMILES string of the molecule is CCCN(CC1CC1)c1cc(C)cc(NC)n1. The fourth-order valence-electron chi connectivity index (χ4n) is 2.12. The van der Waals surface area contributed by atoms with Gasteiger partial charge in [0.05, 0.1) is 0 Å². The van der Waals surface area contributed by atoms with Gasteiger partial charge >= 0.3 is 0 Å². The summed E-state index contributed by atoms with van der Waals surface area (Å²) in [7, 11) is 1.93. The number of nitrogens with zero attached hydrogens (tertiary/aromatic N) is 2. The van der Waals surface area contributed by atoms with Crippen LogP contribution in [0, 0.1) is 12.8 Å². The smallest absolute Gasteiger partial charge is 0.131 e. The zero-order valence-electron chi connectivity index (χ0n) is 11.2. The predicted octanol–water partition coefficient (Wildman–Crippen LogP) is 3.06. The number of hydrogen-bond donors (Lipinski definition) is 1. The van der Waals surface area contributed by atoms with Gasteiger partial charge in [-0.2, -0.15) is 0 Å². The summed E-state index contributed by atoms with van der Waals surface area (Å²) >= 11 is 0. The fourth-order valence-corrected chi connectivity index (χ4v) is 2.12. The molecule has 0 bridgehead atoms. The number of anilines is 2. The minimum atomic E-state index is 0.905. The summed E-state index contributed by atoms with van der Waals surface area (Å²) in [5.41, 5.74) is 1.27. The first kappa shape index (κ1) is 12.2. The average Bonchev–Trinajstić information content (AvgIpc) is 3.11. The summed E-state index contributed by atoms with van der Waals surface area (Å²) in [4.78, 5) is 7.10. The monoisotopic (exact) mass is 233 g/mol. The molecule has 2 rings (SSSR count). The molecule has 0 spiro atoms. The summed E-state index contributed by atoms with van der Waals surface area (Å²) in [6.45, 7) is 6.64. The molecule has 94 valence electrons. The molecule has 3 heteroatoms. The van der Waals surface area contributed by atoms with Crippen LogP contribution in [-0.4, -0.2) is 25.1 Å². The van der Waals surface area contributed by atoms with Gasteiger partial charge in [-0.15, -0.1) is 0 Å². The highest BCUT2D eigenvalue weighted by atomic mass is 15.2. The van der Waals surface area contributed by atoms with Crippen LogP contribution in [0.5, 0.6) is 0 Å². The molecule has 1 aromatic heterocycles. The normalized spacial score (nSPS) is 14.8. The molecular formula is C14H23N3. The van der Waals surface area contributed by atoms with Gasteiger partial charge in [-0.05, 0) is 49.8 Å². The largest absolute Gasteiger partial charge is 0.373 e. The first-order valence-electron chi connectivity index (χ1n) is 6.64. The molecule has 1 aromatic rings. The third-order valence-electron chi connectivity index (χ3n) is 3.21. The van der Waals surface area contributed by atoms with Crippen LogP contribution in [0.3, 0.4) is 0 Å². The van der Waals surface area contributed by atoms with Crippen LogP contribution in [0.15, 0.2) is 12.1 Å². The molecule has 1 aliphatic carbocycles. The topological polar surface area (TPSA) is 28.2 Å². The Morgan fingerprint density at radius 3 is 2.76 bits per heavy atom. The Morgan fingerprint density at radius 2 is 2.18 bits per heavy atom. The number of pyridine rings is 1.